The lowest BCUT2D eigenvalue weighted by atomic mass is 9.78. The summed E-state index contributed by atoms with van der Waals surface area (Å²) in [5, 5.41) is 10.2. The largest absolute Gasteiger partial charge is 0.481 e. The second-order valence-corrected chi connectivity index (χ2v) is 17.2. The number of hydrogen-bond acceptors (Lipinski definition) is 4. The molecule has 0 bridgehead atoms. The van der Waals surface area contributed by atoms with Crippen molar-refractivity contribution in [2.24, 2.45) is 5.92 Å². The van der Waals surface area contributed by atoms with Gasteiger partial charge in [0.15, 0.2) is 8.32 Å². The van der Waals surface area contributed by atoms with Crippen molar-refractivity contribution >= 4 is 20.4 Å². The van der Waals surface area contributed by atoms with Crippen LogP contribution in [-0.2, 0) is 14.0 Å². The van der Waals surface area contributed by atoms with Gasteiger partial charge < -0.3 is 19.2 Å². The smallest absolute Gasteiger partial charge is 0.410 e. The monoisotopic (exact) mass is 529 g/mol. The van der Waals surface area contributed by atoms with Gasteiger partial charge in [0.1, 0.15) is 11.4 Å². The summed E-state index contributed by atoms with van der Waals surface area (Å²) < 4.78 is 25.9. The zero-order chi connectivity index (χ0) is 27.8. The normalized spacial score (nSPS) is 21.0. The Morgan fingerprint density at radius 3 is 2.14 bits per heavy atom. The van der Waals surface area contributed by atoms with Crippen LogP contribution in [0.3, 0.4) is 0 Å². The Hall–Kier alpha value is -2.71. The van der Waals surface area contributed by atoms with E-state index in [0.29, 0.717) is 0 Å². The van der Waals surface area contributed by atoms with Gasteiger partial charge in [0.05, 0.1) is 12.0 Å². The number of carboxylic acids is 1. The highest BCUT2D eigenvalue weighted by atomic mass is 28.4. The molecule has 0 saturated carbocycles. The molecule has 0 spiro atoms. The molecule has 1 amide bonds. The number of benzene rings is 2. The van der Waals surface area contributed by atoms with Crippen LogP contribution in [-0.4, -0.2) is 55.2 Å². The number of rotatable bonds is 5. The van der Waals surface area contributed by atoms with E-state index in [9.17, 15) is 19.1 Å². The van der Waals surface area contributed by atoms with Gasteiger partial charge in [0.25, 0.3) is 0 Å². The van der Waals surface area contributed by atoms with Gasteiger partial charge in [-0.15, -0.1) is 0 Å². The fraction of sp³-hybridized carbons (Fsp3) is 0.517. The Morgan fingerprint density at radius 1 is 0.973 bits per heavy atom. The number of amides is 1. The molecule has 0 radical (unpaired) electrons. The number of nitrogens with zero attached hydrogens (tertiary/aromatic N) is 1. The number of carboxylic acid groups (broad SMARTS) is 1. The third-order valence-corrected chi connectivity index (χ3v) is 11.8. The number of piperidine rings is 1. The van der Waals surface area contributed by atoms with Crippen molar-refractivity contribution in [1.82, 2.24) is 4.90 Å². The minimum absolute atomic E-state index is 0.0209. The Morgan fingerprint density at radius 2 is 1.59 bits per heavy atom. The van der Waals surface area contributed by atoms with Crippen LogP contribution in [0.1, 0.15) is 53.0 Å². The summed E-state index contributed by atoms with van der Waals surface area (Å²) in [4.78, 5) is 27.1. The average molecular weight is 530 g/mol. The summed E-state index contributed by atoms with van der Waals surface area (Å²) in [6.07, 6.45) is -1.08. The molecule has 202 valence electrons. The highest BCUT2D eigenvalue weighted by Crippen LogP contribution is 2.43. The third-order valence-electron chi connectivity index (χ3n) is 7.32. The van der Waals surface area contributed by atoms with E-state index in [1.807, 2.05) is 24.3 Å². The standard InChI is InChI=1S/C29H40FNO5Si/c1-28(2,3)35-27(34)31-17-23(26(32)33)25(24(18-31)36-37(7,8)29(4,5)6)21-11-9-10-20(16-21)19-12-14-22(30)15-13-19/h9-16,23-25H,17-18H2,1-8H3,(H,32,33)/t23-,24+,25+/m0/s1. The first-order valence-corrected chi connectivity index (χ1v) is 15.6. The second kappa shape index (κ2) is 10.6. The summed E-state index contributed by atoms with van der Waals surface area (Å²) >= 11 is 0. The van der Waals surface area contributed by atoms with E-state index >= 15 is 0 Å². The number of carbonyl (C=O) groups is 2. The summed E-state index contributed by atoms with van der Waals surface area (Å²) in [5.41, 5.74) is 1.82. The number of carbonyl (C=O) groups excluding carboxylic acids is 1. The molecule has 2 aromatic carbocycles. The topological polar surface area (TPSA) is 76.1 Å². The lowest BCUT2D eigenvalue weighted by molar-refractivity contribution is -0.146. The molecule has 1 aliphatic rings. The fourth-order valence-electron chi connectivity index (χ4n) is 4.40. The number of likely N-dealkylation sites (tertiary alicyclic amines) is 1. The Bertz CT molecular complexity index is 1120. The van der Waals surface area contributed by atoms with Crippen LogP contribution in [0.5, 0.6) is 0 Å². The maximum absolute atomic E-state index is 13.5. The average Bonchev–Trinajstić information content (AvgIpc) is 2.77. The van der Waals surface area contributed by atoms with Crippen LogP contribution < -0.4 is 0 Å². The van der Waals surface area contributed by atoms with E-state index in [0.717, 1.165) is 16.7 Å². The molecule has 37 heavy (non-hydrogen) atoms. The predicted octanol–water partition coefficient (Wildman–Crippen LogP) is 6.92. The van der Waals surface area contributed by atoms with Crippen LogP contribution in [0.2, 0.25) is 18.1 Å². The highest BCUT2D eigenvalue weighted by molar-refractivity contribution is 6.74. The maximum Gasteiger partial charge on any atom is 0.410 e. The molecule has 0 aromatic heterocycles. The Labute approximate surface area is 220 Å². The van der Waals surface area contributed by atoms with Crippen molar-refractivity contribution in [3.8, 4) is 11.1 Å². The van der Waals surface area contributed by atoms with Gasteiger partial charge in [-0.05, 0) is 67.7 Å². The van der Waals surface area contributed by atoms with Crippen LogP contribution in [0.25, 0.3) is 11.1 Å². The number of ether oxygens (including phenoxy) is 1. The zero-order valence-corrected chi connectivity index (χ0v) is 24.2. The first-order valence-electron chi connectivity index (χ1n) is 12.7. The molecule has 1 heterocycles. The number of aliphatic carboxylic acids is 1. The summed E-state index contributed by atoms with van der Waals surface area (Å²) in [7, 11) is -2.34. The predicted molar refractivity (Wildman–Crippen MR) is 146 cm³/mol. The van der Waals surface area contributed by atoms with Gasteiger partial charge in [-0.25, -0.2) is 9.18 Å². The number of halogens is 1. The van der Waals surface area contributed by atoms with E-state index in [-0.39, 0.29) is 23.9 Å². The molecular weight excluding hydrogens is 489 g/mol. The first kappa shape index (κ1) is 28.9. The van der Waals surface area contributed by atoms with Crippen molar-refractivity contribution < 1.29 is 28.2 Å². The molecule has 1 aliphatic heterocycles. The van der Waals surface area contributed by atoms with E-state index < -0.39 is 43.9 Å². The Kier molecular flexibility index (Phi) is 8.24. The van der Waals surface area contributed by atoms with Gasteiger partial charge in [-0.3, -0.25) is 4.79 Å². The van der Waals surface area contributed by atoms with Crippen LogP contribution in [0.4, 0.5) is 9.18 Å². The summed E-state index contributed by atoms with van der Waals surface area (Å²) in [6, 6.07) is 13.9. The van der Waals surface area contributed by atoms with E-state index in [2.05, 4.69) is 33.9 Å². The lowest BCUT2D eigenvalue weighted by Crippen LogP contribution is -2.57. The minimum atomic E-state index is -2.34. The molecule has 1 saturated heterocycles. The summed E-state index contributed by atoms with van der Waals surface area (Å²) in [5.74, 6) is -2.68. The summed E-state index contributed by atoms with van der Waals surface area (Å²) in [6.45, 7) is 16.3. The molecular formula is C29H40FNO5Si. The van der Waals surface area contributed by atoms with Crippen molar-refractivity contribution in [2.45, 2.75) is 77.3 Å². The van der Waals surface area contributed by atoms with Crippen molar-refractivity contribution in [3.05, 3.63) is 59.9 Å². The van der Waals surface area contributed by atoms with Crippen LogP contribution in [0, 0.1) is 11.7 Å². The molecule has 0 aliphatic carbocycles. The molecule has 2 aromatic rings. The van der Waals surface area contributed by atoms with E-state index in [1.54, 1.807) is 32.9 Å². The molecule has 8 heteroatoms. The third kappa shape index (κ3) is 6.99. The van der Waals surface area contributed by atoms with Crippen LogP contribution >= 0.6 is 0 Å². The van der Waals surface area contributed by atoms with E-state index in [4.69, 9.17) is 9.16 Å². The fourth-order valence-corrected chi connectivity index (χ4v) is 5.73. The molecule has 1 N–H and O–H groups in total. The molecule has 1 fully saturated rings. The van der Waals surface area contributed by atoms with Crippen molar-refractivity contribution in [3.63, 3.8) is 0 Å². The van der Waals surface area contributed by atoms with E-state index in [1.165, 1.54) is 17.0 Å². The van der Waals surface area contributed by atoms with Crippen LogP contribution in [0.15, 0.2) is 48.5 Å². The molecule has 3 rings (SSSR count). The minimum Gasteiger partial charge on any atom is -0.481 e. The first-order chi connectivity index (χ1) is 17.0. The maximum atomic E-state index is 13.5. The van der Waals surface area contributed by atoms with Gasteiger partial charge in [0, 0.05) is 19.0 Å². The molecule has 6 nitrogen and oxygen atoms in total. The quantitative estimate of drug-likeness (QED) is 0.426. The van der Waals surface area contributed by atoms with Crippen molar-refractivity contribution in [1.29, 1.82) is 0 Å². The Balaban J connectivity index is 2.07. The van der Waals surface area contributed by atoms with Gasteiger partial charge in [0.2, 0.25) is 0 Å². The molecule has 0 unspecified atom stereocenters. The van der Waals surface area contributed by atoms with Gasteiger partial charge in [-0.1, -0.05) is 57.2 Å². The van der Waals surface area contributed by atoms with Gasteiger partial charge in [-0.2, -0.15) is 0 Å². The van der Waals surface area contributed by atoms with Crippen molar-refractivity contribution in [2.75, 3.05) is 13.1 Å². The van der Waals surface area contributed by atoms with Gasteiger partial charge >= 0.3 is 12.1 Å². The zero-order valence-electron chi connectivity index (χ0n) is 23.2. The second-order valence-electron chi connectivity index (χ2n) is 12.4. The SMILES string of the molecule is CC(C)(C)OC(=O)N1C[C@H](C(=O)O)[C@@H](c2cccc(-c3ccc(F)cc3)c2)[C@H](O[Si](C)(C)C(C)(C)C)C1. The highest BCUT2D eigenvalue weighted by Gasteiger charge is 2.48. The lowest BCUT2D eigenvalue weighted by Gasteiger charge is -2.47. The number of hydrogen-bond donors (Lipinski definition) is 1. The molecule has 3 atom stereocenters.